The minimum absolute atomic E-state index is 0.160. The van der Waals surface area contributed by atoms with Gasteiger partial charge < -0.3 is 18.9 Å². The van der Waals surface area contributed by atoms with Crippen LogP contribution in [0.5, 0.6) is 5.75 Å². The van der Waals surface area contributed by atoms with Crippen LogP contribution in [0, 0.1) is 5.92 Å². The number of carbonyl (C=O) groups is 2. The van der Waals surface area contributed by atoms with Gasteiger partial charge in [0.25, 0.3) is 0 Å². The van der Waals surface area contributed by atoms with E-state index < -0.39 is 29.4 Å². The molecule has 202 valence electrons. The van der Waals surface area contributed by atoms with E-state index in [0.29, 0.717) is 30.9 Å². The molecule has 1 aliphatic rings. The molecule has 0 saturated heterocycles. The molecule has 0 spiro atoms. The number of benzene rings is 1. The van der Waals surface area contributed by atoms with Gasteiger partial charge in [0.15, 0.2) is 0 Å². The second-order valence-corrected chi connectivity index (χ2v) is 11.3. The van der Waals surface area contributed by atoms with Gasteiger partial charge in [-0.3, -0.25) is 4.99 Å². The van der Waals surface area contributed by atoms with Crippen LogP contribution in [-0.4, -0.2) is 67.0 Å². The monoisotopic (exact) mass is 505 g/mol. The number of ether oxygens (including phenoxy) is 4. The molecule has 1 aliphatic carbocycles. The summed E-state index contributed by atoms with van der Waals surface area (Å²) in [5.41, 5.74) is 3.75. The van der Waals surface area contributed by atoms with Crippen LogP contribution in [-0.2, 0) is 20.6 Å². The molecule has 0 heterocycles. The van der Waals surface area contributed by atoms with E-state index in [4.69, 9.17) is 23.9 Å². The van der Waals surface area contributed by atoms with Gasteiger partial charge in [0, 0.05) is 12.7 Å². The highest BCUT2D eigenvalue weighted by Crippen LogP contribution is 2.30. The van der Waals surface area contributed by atoms with Crippen molar-refractivity contribution in [1.29, 1.82) is 0 Å². The number of fused-ring (bicyclic) bond motifs is 1. The summed E-state index contributed by atoms with van der Waals surface area (Å²) >= 11 is 0. The van der Waals surface area contributed by atoms with Crippen LogP contribution >= 0.6 is 0 Å². The smallest absolute Gasteiger partial charge is 0.429 e. The zero-order chi connectivity index (χ0) is 27.3. The van der Waals surface area contributed by atoms with Gasteiger partial charge in [0.05, 0.1) is 31.5 Å². The number of aliphatic imine (C=N–C) groups is 1. The van der Waals surface area contributed by atoms with Crippen molar-refractivity contribution in [3.8, 4) is 5.75 Å². The van der Waals surface area contributed by atoms with E-state index in [9.17, 15) is 9.59 Å². The van der Waals surface area contributed by atoms with Gasteiger partial charge >= 0.3 is 12.2 Å². The standard InChI is InChI=1S/C27H43N3O6/c1-17(2)21(16-33-9)28-23-20-15-19(34-10)13-11-18(20)12-14-22(23)30(25(32)36-27(6,7)8)29-24(31)35-26(3,4)5/h11,13,15,17,21-22H,12,14,16H2,1-10H3,(H,29,31)/t21-,22+/m1/s1. The Labute approximate surface area is 215 Å². The van der Waals surface area contributed by atoms with Crippen LogP contribution in [0.15, 0.2) is 23.2 Å². The summed E-state index contributed by atoms with van der Waals surface area (Å²) in [6.07, 6.45) is -0.230. The molecular weight excluding hydrogens is 462 g/mol. The fourth-order valence-electron chi connectivity index (χ4n) is 3.84. The molecule has 2 atom stereocenters. The van der Waals surface area contributed by atoms with Crippen LogP contribution < -0.4 is 10.2 Å². The average molecular weight is 506 g/mol. The second kappa shape index (κ2) is 12.0. The Morgan fingerprint density at radius 1 is 1.08 bits per heavy atom. The lowest BCUT2D eigenvalue weighted by Gasteiger charge is -2.37. The Morgan fingerprint density at radius 2 is 1.72 bits per heavy atom. The first-order chi connectivity index (χ1) is 16.6. The maximum atomic E-state index is 13.4. The van der Waals surface area contributed by atoms with Crippen LogP contribution in [0.1, 0.15) is 72.9 Å². The van der Waals surface area contributed by atoms with Gasteiger partial charge in [-0.15, -0.1) is 0 Å². The zero-order valence-corrected chi connectivity index (χ0v) is 23.4. The molecule has 0 saturated carbocycles. The maximum Gasteiger partial charge on any atom is 0.429 e. The number of rotatable bonds is 6. The Morgan fingerprint density at radius 3 is 2.25 bits per heavy atom. The molecule has 1 aromatic carbocycles. The summed E-state index contributed by atoms with van der Waals surface area (Å²) in [5, 5.41) is 1.21. The molecular formula is C27H43N3O6. The van der Waals surface area contributed by atoms with Crippen molar-refractivity contribution < 1.29 is 28.5 Å². The molecule has 36 heavy (non-hydrogen) atoms. The lowest BCUT2D eigenvalue weighted by atomic mass is 9.85. The zero-order valence-electron chi connectivity index (χ0n) is 23.4. The molecule has 9 nitrogen and oxygen atoms in total. The number of nitrogens with zero attached hydrogens (tertiary/aromatic N) is 2. The van der Waals surface area contributed by atoms with E-state index in [1.165, 1.54) is 5.01 Å². The highest BCUT2D eigenvalue weighted by molar-refractivity contribution is 6.08. The van der Waals surface area contributed by atoms with Crippen LogP contribution in [0.2, 0.25) is 0 Å². The van der Waals surface area contributed by atoms with E-state index in [1.54, 1.807) is 55.8 Å². The van der Waals surface area contributed by atoms with Crippen molar-refractivity contribution in [3.63, 3.8) is 0 Å². The van der Waals surface area contributed by atoms with Crippen molar-refractivity contribution >= 4 is 17.9 Å². The minimum atomic E-state index is -0.769. The molecule has 0 unspecified atom stereocenters. The third-order valence-electron chi connectivity index (χ3n) is 5.52. The summed E-state index contributed by atoms with van der Waals surface area (Å²) in [4.78, 5) is 31.3. The molecule has 0 radical (unpaired) electrons. The molecule has 2 rings (SSSR count). The van der Waals surface area contributed by atoms with Crippen LogP contribution in [0.3, 0.4) is 0 Å². The lowest BCUT2D eigenvalue weighted by molar-refractivity contribution is -0.00405. The predicted octanol–water partition coefficient (Wildman–Crippen LogP) is 5.15. The average Bonchev–Trinajstić information content (AvgIpc) is 2.74. The molecule has 0 aromatic heterocycles. The number of nitrogens with one attached hydrogen (secondary N) is 1. The first-order valence-corrected chi connectivity index (χ1v) is 12.4. The SMILES string of the molecule is COC[C@@H](N=C1c2cc(OC)ccc2CC[C@@H]1N(NC(=O)OC(C)(C)C)C(=O)OC(C)(C)C)C(C)C. The fraction of sp³-hybridized carbons (Fsp3) is 0.667. The summed E-state index contributed by atoms with van der Waals surface area (Å²) < 4.78 is 22.1. The van der Waals surface area contributed by atoms with E-state index in [2.05, 4.69) is 19.3 Å². The van der Waals surface area contributed by atoms with E-state index in [0.717, 1.165) is 11.1 Å². The van der Waals surface area contributed by atoms with Crippen LogP contribution in [0.25, 0.3) is 0 Å². The van der Waals surface area contributed by atoms with Gasteiger partial charge in [0.2, 0.25) is 0 Å². The highest BCUT2D eigenvalue weighted by atomic mass is 16.6. The summed E-state index contributed by atoms with van der Waals surface area (Å²) in [6, 6.07) is 5.10. The molecule has 0 aliphatic heterocycles. The molecule has 9 heteroatoms. The van der Waals surface area contributed by atoms with Crippen molar-refractivity contribution in [3.05, 3.63) is 29.3 Å². The van der Waals surface area contributed by atoms with Gasteiger partial charge in [-0.05, 0) is 78.0 Å². The second-order valence-electron chi connectivity index (χ2n) is 11.3. The van der Waals surface area contributed by atoms with Gasteiger partial charge in [-0.25, -0.2) is 20.0 Å². The normalized spacial score (nSPS) is 17.9. The Kier molecular flexibility index (Phi) is 9.77. The summed E-state index contributed by atoms with van der Waals surface area (Å²) in [6.45, 7) is 15.2. The number of hydrazine groups is 1. The quantitative estimate of drug-likeness (QED) is 0.537. The Balaban J connectivity index is 2.63. The van der Waals surface area contributed by atoms with Crippen LogP contribution in [0.4, 0.5) is 9.59 Å². The largest absolute Gasteiger partial charge is 0.497 e. The molecule has 0 bridgehead atoms. The van der Waals surface area contributed by atoms with E-state index in [-0.39, 0.29) is 12.0 Å². The Hall–Kier alpha value is -2.81. The van der Waals surface area contributed by atoms with Gasteiger partial charge in [-0.2, -0.15) is 0 Å². The van der Waals surface area contributed by atoms with Gasteiger partial charge in [0.1, 0.15) is 17.0 Å². The topological polar surface area (TPSA) is 98.7 Å². The van der Waals surface area contributed by atoms with Crippen molar-refractivity contribution in [2.75, 3.05) is 20.8 Å². The molecule has 0 fully saturated rings. The summed E-state index contributed by atoms with van der Waals surface area (Å²) in [7, 11) is 3.25. The lowest BCUT2D eigenvalue weighted by Crippen LogP contribution is -2.58. The predicted molar refractivity (Wildman–Crippen MR) is 140 cm³/mol. The molecule has 1 aromatic rings. The number of methoxy groups -OCH3 is 2. The van der Waals surface area contributed by atoms with Crippen molar-refractivity contribution in [1.82, 2.24) is 10.4 Å². The third kappa shape index (κ3) is 8.40. The number of hydrogen-bond donors (Lipinski definition) is 1. The summed E-state index contributed by atoms with van der Waals surface area (Å²) in [5.74, 6) is 0.863. The van der Waals surface area contributed by atoms with Gasteiger partial charge in [-0.1, -0.05) is 19.9 Å². The van der Waals surface area contributed by atoms with Crippen molar-refractivity contribution in [2.45, 2.75) is 91.5 Å². The number of aryl methyl sites for hydroxylation is 1. The Bertz CT molecular complexity index is 946. The first-order valence-electron chi connectivity index (χ1n) is 12.4. The third-order valence-corrected chi connectivity index (χ3v) is 5.52. The first kappa shape index (κ1) is 29.4. The molecule has 2 amide bonds. The van der Waals surface area contributed by atoms with Crippen molar-refractivity contribution in [2.24, 2.45) is 10.9 Å². The van der Waals surface area contributed by atoms with E-state index >= 15 is 0 Å². The maximum absolute atomic E-state index is 13.4. The fourth-order valence-corrected chi connectivity index (χ4v) is 3.84. The minimum Gasteiger partial charge on any atom is -0.497 e. The number of carbonyl (C=O) groups excluding carboxylic acids is 2. The number of hydrogen-bond acceptors (Lipinski definition) is 7. The number of amides is 2. The molecule has 1 N–H and O–H groups in total. The highest BCUT2D eigenvalue weighted by Gasteiger charge is 2.38. The van der Waals surface area contributed by atoms with E-state index in [1.807, 2.05) is 18.2 Å².